The second-order valence-corrected chi connectivity index (χ2v) is 7.68. The van der Waals surface area contributed by atoms with Crippen LogP contribution in [0.4, 0.5) is 0 Å². The lowest BCUT2D eigenvalue weighted by Gasteiger charge is -2.26. The molecule has 164 valence electrons. The number of likely N-dealkylation sites (N-methyl/N-ethyl adjacent to an activating group) is 1. The average Bonchev–Trinajstić information content (AvgIpc) is 3.23. The van der Waals surface area contributed by atoms with Crippen LogP contribution in [0.2, 0.25) is 5.02 Å². The molecule has 3 aromatic rings. The van der Waals surface area contributed by atoms with Crippen molar-refractivity contribution in [3.63, 3.8) is 0 Å². The van der Waals surface area contributed by atoms with E-state index >= 15 is 0 Å². The highest BCUT2D eigenvalue weighted by molar-refractivity contribution is 6.31. The van der Waals surface area contributed by atoms with Crippen LogP contribution in [0.3, 0.4) is 0 Å². The number of aryl methyl sites for hydroxylation is 1. The van der Waals surface area contributed by atoms with Crippen LogP contribution < -0.4 is 10.1 Å². The predicted octanol–water partition coefficient (Wildman–Crippen LogP) is 4.14. The van der Waals surface area contributed by atoms with Gasteiger partial charge in [-0.05, 0) is 56.9 Å². The molecule has 3 rings (SSSR count). The molecule has 7 nitrogen and oxygen atoms in total. The van der Waals surface area contributed by atoms with Gasteiger partial charge in [-0.2, -0.15) is 4.98 Å². The summed E-state index contributed by atoms with van der Waals surface area (Å²) in [6.07, 6.45) is 0.627. The van der Waals surface area contributed by atoms with Gasteiger partial charge in [0.05, 0.1) is 12.6 Å². The topological polar surface area (TPSA) is 80.5 Å². The first-order valence-corrected chi connectivity index (χ1v) is 10.6. The largest absolute Gasteiger partial charge is 0.494 e. The van der Waals surface area contributed by atoms with E-state index in [2.05, 4.69) is 15.5 Å². The number of halogens is 1. The van der Waals surface area contributed by atoms with Gasteiger partial charge in [-0.1, -0.05) is 35.0 Å². The summed E-state index contributed by atoms with van der Waals surface area (Å²) in [7, 11) is 3.92. The summed E-state index contributed by atoms with van der Waals surface area (Å²) in [5, 5.41) is 7.66. The van der Waals surface area contributed by atoms with E-state index in [1.165, 1.54) is 0 Å². The van der Waals surface area contributed by atoms with Gasteiger partial charge < -0.3 is 19.5 Å². The van der Waals surface area contributed by atoms with E-state index in [-0.39, 0.29) is 18.4 Å². The molecule has 8 heteroatoms. The molecule has 0 saturated heterocycles. The third kappa shape index (κ3) is 6.29. The van der Waals surface area contributed by atoms with Crippen molar-refractivity contribution in [3.05, 3.63) is 65.0 Å². The Bertz CT molecular complexity index is 988. The van der Waals surface area contributed by atoms with Crippen molar-refractivity contribution in [2.24, 2.45) is 0 Å². The van der Waals surface area contributed by atoms with Gasteiger partial charge in [-0.25, -0.2) is 0 Å². The van der Waals surface area contributed by atoms with Crippen molar-refractivity contribution in [1.29, 1.82) is 0 Å². The van der Waals surface area contributed by atoms with Gasteiger partial charge in [0.25, 0.3) is 0 Å². The first-order chi connectivity index (χ1) is 15.0. The maximum Gasteiger partial charge on any atom is 0.227 e. The fraction of sp³-hybridized carbons (Fsp3) is 0.348. The Morgan fingerprint density at radius 1 is 1.19 bits per heavy atom. The fourth-order valence-electron chi connectivity index (χ4n) is 3.18. The van der Waals surface area contributed by atoms with Gasteiger partial charge in [-0.3, -0.25) is 4.79 Å². The summed E-state index contributed by atoms with van der Waals surface area (Å²) in [5.41, 5.74) is 1.81. The minimum absolute atomic E-state index is 0.0210. The number of nitrogens with zero attached hydrogens (tertiary/aromatic N) is 3. The Labute approximate surface area is 187 Å². The molecule has 31 heavy (non-hydrogen) atoms. The van der Waals surface area contributed by atoms with Gasteiger partial charge in [0.15, 0.2) is 0 Å². The normalized spacial score (nSPS) is 12.0. The van der Waals surface area contributed by atoms with Crippen molar-refractivity contribution in [2.45, 2.75) is 25.8 Å². The van der Waals surface area contributed by atoms with Gasteiger partial charge >= 0.3 is 0 Å². The van der Waals surface area contributed by atoms with E-state index in [9.17, 15) is 4.79 Å². The Morgan fingerprint density at radius 3 is 2.61 bits per heavy atom. The third-order valence-electron chi connectivity index (χ3n) is 4.84. The number of hydrogen-bond acceptors (Lipinski definition) is 6. The lowest BCUT2D eigenvalue weighted by Crippen LogP contribution is -2.34. The monoisotopic (exact) mass is 442 g/mol. The SMILES string of the molecule is CCOc1ccc(-c2noc(CCC(=O)NC[C@@H](c3ccccc3Cl)N(C)C)n2)cc1. The van der Waals surface area contributed by atoms with Gasteiger partial charge in [-0.15, -0.1) is 0 Å². The maximum absolute atomic E-state index is 12.4. The number of hydrogen-bond donors (Lipinski definition) is 1. The number of rotatable bonds is 10. The van der Waals surface area contributed by atoms with E-state index in [4.69, 9.17) is 20.9 Å². The maximum atomic E-state index is 12.4. The first-order valence-electron chi connectivity index (χ1n) is 10.2. The van der Waals surface area contributed by atoms with Crippen molar-refractivity contribution < 1.29 is 14.1 Å². The van der Waals surface area contributed by atoms with Crippen LogP contribution in [0.25, 0.3) is 11.4 Å². The number of nitrogens with one attached hydrogen (secondary N) is 1. The third-order valence-corrected chi connectivity index (χ3v) is 5.18. The Balaban J connectivity index is 1.52. The number of amides is 1. The number of carbonyl (C=O) groups is 1. The number of ether oxygens (including phenoxy) is 1. The molecule has 1 N–H and O–H groups in total. The lowest BCUT2D eigenvalue weighted by atomic mass is 10.1. The zero-order chi connectivity index (χ0) is 22.2. The van der Waals surface area contributed by atoms with Crippen LogP contribution in [-0.2, 0) is 11.2 Å². The zero-order valence-electron chi connectivity index (χ0n) is 18.0. The van der Waals surface area contributed by atoms with Crippen molar-refractivity contribution in [1.82, 2.24) is 20.4 Å². The predicted molar refractivity (Wildman–Crippen MR) is 120 cm³/mol. The van der Waals surface area contributed by atoms with Crippen LogP contribution >= 0.6 is 11.6 Å². The fourth-order valence-corrected chi connectivity index (χ4v) is 3.44. The lowest BCUT2D eigenvalue weighted by molar-refractivity contribution is -0.121. The molecule has 1 atom stereocenters. The Kier molecular flexibility index (Phi) is 8.03. The molecule has 0 spiro atoms. The van der Waals surface area contributed by atoms with Crippen molar-refractivity contribution >= 4 is 17.5 Å². The highest BCUT2D eigenvalue weighted by atomic mass is 35.5. The standard InChI is InChI=1S/C23H27ClN4O3/c1-4-30-17-11-9-16(10-12-17)23-26-22(31-27-23)14-13-21(29)25-15-20(28(2)3)18-7-5-6-8-19(18)24/h5-12,20H,4,13-15H2,1-3H3,(H,25,29)/t20-/m0/s1. The summed E-state index contributed by atoms with van der Waals surface area (Å²) in [4.78, 5) is 18.8. The molecule has 1 heterocycles. The molecule has 0 aliphatic carbocycles. The highest BCUT2D eigenvalue weighted by Gasteiger charge is 2.18. The van der Waals surface area contributed by atoms with E-state index < -0.39 is 0 Å². The van der Waals surface area contributed by atoms with Crippen molar-refractivity contribution in [2.75, 3.05) is 27.2 Å². The molecule has 2 aromatic carbocycles. The zero-order valence-corrected chi connectivity index (χ0v) is 18.7. The van der Waals surface area contributed by atoms with Crippen LogP contribution in [0.5, 0.6) is 5.75 Å². The summed E-state index contributed by atoms with van der Waals surface area (Å²) in [6.45, 7) is 3.01. The van der Waals surface area contributed by atoms with E-state index in [1.807, 2.05) is 74.4 Å². The van der Waals surface area contributed by atoms with Crippen LogP contribution in [0, 0.1) is 0 Å². The summed E-state index contributed by atoms with van der Waals surface area (Å²) in [6, 6.07) is 15.1. The number of benzene rings is 2. The first kappa shape index (κ1) is 22.8. The molecule has 0 unspecified atom stereocenters. The van der Waals surface area contributed by atoms with E-state index in [0.717, 1.165) is 16.9 Å². The minimum atomic E-state index is -0.0836. The van der Waals surface area contributed by atoms with Gasteiger partial charge in [0.1, 0.15) is 5.75 Å². The Hall–Kier alpha value is -2.90. The van der Waals surface area contributed by atoms with Crippen LogP contribution in [0.1, 0.15) is 30.8 Å². The van der Waals surface area contributed by atoms with E-state index in [0.29, 0.717) is 36.3 Å². The quantitative estimate of drug-likeness (QED) is 0.508. The second kappa shape index (κ2) is 10.9. The minimum Gasteiger partial charge on any atom is -0.494 e. The summed E-state index contributed by atoms with van der Waals surface area (Å²) >= 11 is 6.32. The van der Waals surface area contributed by atoms with Crippen LogP contribution in [-0.4, -0.2) is 48.2 Å². The molecule has 0 radical (unpaired) electrons. The van der Waals surface area contributed by atoms with Gasteiger partial charge in [0, 0.05) is 30.0 Å². The molecule has 1 aromatic heterocycles. The number of carbonyl (C=O) groups excluding carboxylic acids is 1. The van der Waals surface area contributed by atoms with Crippen LogP contribution in [0.15, 0.2) is 53.1 Å². The molecule has 0 fully saturated rings. The molecule has 1 amide bonds. The van der Waals surface area contributed by atoms with Crippen molar-refractivity contribution in [3.8, 4) is 17.1 Å². The highest BCUT2D eigenvalue weighted by Crippen LogP contribution is 2.25. The molecule has 0 aliphatic heterocycles. The van der Waals surface area contributed by atoms with Gasteiger partial charge in [0.2, 0.25) is 17.6 Å². The summed E-state index contributed by atoms with van der Waals surface area (Å²) < 4.78 is 10.7. The smallest absolute Gasteiger partial charge is 0.227 e. The summed E-state index contributed by atoms with van der Waals surface area (Å²) in [5.74, 6) is 1.62. The molecule has 0 bridgehead atoms. The molecular weight excluding hydrogens is 416 g/mol. The second-order valence-electron chi connectivity index (χ2n) is 7.27. The number of aromatic nitrogens is 2. The molecular formula is C23H27ClN4O3. The molecule has 0 aliphatic rings. The molecule has 0 saturated carbocycles. The average molecular weight is 443 g/mol. The Morgan fingerprint density at radius 2 is 1.94 bits per heavy atom. The van der Waals surface area contributed by atoms with E-state index in [1.54, 1.807) is 0 Å².